The Balaban J connectivity index is 1.30. The summed E-state index contributed by atoms with van der Waals surface area (Å²) in [5, 5.41) is 16.1. The van der Waals surface area contributed by atoms with Gasteiger partial charge in [-0.2, -0.15) is 0 Å². The van der Waals surface area contributed by atoms with Gasteiger partial charge < -0.3 is 19.9 Å². The summed E-state index contributed by atoms with van der Waals surface area (Å²) in [5.74, 6) is 0.684. The third-order valence-corrected chi connectivity index (χ3v) is 8.24. The molecule has 0 spiro atoms. The molecule has 1 aromatic heterocycles. The molecule has 3 atom stereocenters. The number of nitrogens with zero attached hydrogens (tertiary/aromatic N) is 2. The van der Waals surface area contributed by atoms with Crippen LogP contribution in [-0.2, 0) is 14.3 Å². The number of ether oxygens (including phenoxy) is 2. The number of benzene rings is 1. The Kier molecular flexibility index (Phi) is 6.36. The largest absolute Gasteiger partial charge is 0.389 e. The number of nitrogens with one attached hydrogen (secondary N) is 1. The Hall–Kier alpha value is -1.77. The minimum absolute atomic E-state index is 0.0504. The van der Waals surface area contributed by atoms with Crippen molar-refractivity contribution in [2.45, 2.75) is 63.2 Å². The fraction of sp³-hybridized carbons (Fsp3) is 0.615. The first kappa shape index (κ1) is 23.9. The molecule has 5 rings (SSSR count). The van der Waals surface area contributed by atoms with Crippen molar-refractivity contribution >= 4 is 34.1 Å². The molecule has 3 saturated heterocycles. The SMILES string of the molecule is CC1(C)CC(C(=O)Nc2cc3cc(C4CCN(C5(C)COCC5O)CC4)c(Cl)cc3cn2)CO1. The molecule has 0 aliphatic carbocycles. The maximum atomic E-state index is 12.7. The molecule has 1 amide bonds. The van der Waals surface area contributed by atoms with Crippen LogP contribution in [0.3, 0.4) is 0 Å². The predicted molar refractivity (Wildman–Crippen MR) is 132 cm³/mol. The molecule has 3 unspecified atom stereocenters. The van der Waals surface area contributed by atoms with Crippen LogP contribution in [0.4, 0.5) is 5.82 Å². The van der Waals surface area contributed by atoms with Crippen LogP contribution >= 0.6 is 11.6 Å². The number of anilines is 1. The van der Waals surface area contributed by atoms with E-state index in [9.17, 15) is 9.90 Å². The summed E-state index contributed by atoms with van der Waals surface area (Å²) in [5.41, 5.74) is 0.563. The van der Waals surface area contributed by atoms with E-state index in [1.165, 1.54) is 0 Å². The highest BCUT2D eigenvalue weighted by Crippen LogP contribution is 2.39. The smallest absolute Gasteiger partial charge is 0.231 e. The lowest BCUT2D eigenvalue weighted by Crippen LogP contribution is -2.56. The highest BCUT2D eigenvalue weighted by molar-refractivity contribution is 6.32. The number of carbonyl (C=O) groups excluding carboxylic acids is 1. The highest BCUT2D eigenvalue weighted by Gasteiger charge is 2.45. The van der Waals surface area contributed by atoms with Crippen molar-refractivity contribution in [3.8, 4) is 0 Å². The molecule has 3 fully saturated rings. The van der Waals surface area contributed by atoms with E-state index in [1.54, 1.807) is 6.20 Å². The molecular formula is C26H34ClN3O4. The third kappa shape index (κ3) is 4.56. The van der Waals surface area contributed by atoms with Crippen LogP contribution in [0.5, 0.6) is 0 Å². The van der Waals surface area contributed by atoms with E-state index in [2.05, 4.69) is 28.2 Å². The number of piperidine rings is 1. The van der Waals surface area contributed by atoms with E-state index in [0.717, 1.165) is 47.3 Å². The number of aliphatic hydroxyl groups excluding tert-OH is 1. The quantitative estimate of drug-likeness (QED) is 0.679. The van der Waals surface area contributed by atoms with Crippen molar-refractivity contribution in [3.05, 3.63) is 35.0 Å². The summed E-state index contributed by atoms with van der Waals surface area (Å²) < 4.78 is 11.2. The number of rotatable bonds is 4. The summed E-state index contributed by atoms with van der Waals surface area (Å²) in [7, 11) is 0. The number of fused-ring (bicyclic) bond motifs is 1. The fourth-order valence-corrected chi connectivity index (χ4v) is 5.98. The molecule has 2 aromatic rings. The van der Waals surface area contributed by atoms with Gasteiger partial charge in [-0.25, -0.2) is 4.98 Å². The van der Waals surface area contributed by atoms with Gasteiger partial charge in [0.1, 0.15) is 5.82 Å². The molecule has 184 valence electrons. The van der Waals surface area contributed by atoms with Crippen molar-refractivity contribution in [1.29, 1.82) is 0 Å². The van der Waals surface area contributed by atoms with E-state index >= 15 is 0 Å². The standard InChI is InChI=1S/C26H34ClN3O4/c1-25(2)11-19(13-34-25)24(32)29-23-10-17-8-20(21(27)9-18(17)12-28-23)16-4-6-30(7-5-16)26(3)15-33-14-22(26)31/h8-10,12,16,19,22,31H,4-7,11,13-15H2,1-3H3,(H,28,29,32). The first-order valence-corrected chi connectivity index (χ1v) is 12.6. The molecule has 4 heterocycles. The van der Waals surface area contributed by atoms with Crippen molar-refractivity contribution < 1.29 is 19.4 Å². The molecule has 0 radical (unpaired) electrons. The molecular weight excluding hydrogens is 454 g/mol. The number of aromatic nitrogens is 1. The molecule has 1 aromatic carbocycles. The number of hydrogen-bond acceptors (Lipinski definition) is 6. The van der Waals surface area contributed by atoms with E-state index in [-0.39, 0.29) is 23.0 Å². The van der Waals surface area contributed by atoms with E-state index < -0.39 is 6.10 Å². The number of aliphatic hydroxyl groups is 1. The topological polar surface area (TPSA) is 83.9 Å². The van der Waals surface area contributed by atoms with Crippen LogP contribution in [0.15, 0.2) is 24.4 Å². The Morgan fingerprint density at radius 3 is 2.59 bits per heavy atom. The van der Waals surface area contributed by atoms with Gasteiger partial charge in [0.25, 0.3) is 0 Å². The van der Waals surface area contributed by atoms with Crippen LogP contribution in [-0.4, -0.2) is 71.1 Å². The third-order valence-electron chi connectivity index (χ3n) is 7.92. The number of likely N-dealkylation sites (tertiary alicyclic amines) is 1. The van der Waals surface area contributed by atoms with Gasteiger partial charge in [-0.05, 0) is 88.2 Å². The zero-order valence-electron chi connectivity index (χ0n) is 20.1. The van der Waals surface area contributed by atoms with Crippen LogP contribution < -0.4 is 5.32 Å². The summed E-state index contributed by atoms with van der Waals surface area (Å²) in [4.78, 5) is 19.5. The summed E-state index contributed by atoms with van der Waals surface area (Å²) in [6, 6.07) is 6.04. The first-order valence-electron chi connectivity index (χ1n) is 12.2. The number of carbonyl (C=O) groups is 1. The molecule has 2 N–H and O–H groups in total. The van der Waals surface area contributed by atoms with Crippen molar-refractivity contribution in [2.24, 2.45) is 5.92 Å². The first-order chi connectivity index (χ1) is 16.1. The van der Waals surface area contributed by atoms with Crippen LogP contribution in [0.25, 0.3) is 10.8 Å². The summed E-state index contributed by atoms with van der Waals surface area (Å²) >= 11 is 6.70. The van der Waals surface area contributed by atoms with E-state index in [1.807, 2.05) is 26.0 Å². The van der Waals surface area contributed by atoms with Crippen LogP contribution in [0.2, 0.25) is 5.02 Å². The van der Waals surface area contributed by atoms with Gasteiger partial charge in [0, 0.05) is 16.6 Å². The second-order valence-electron chi connectivity index (χ2n) is 10.9. The number of hydrogen-bond donors (Lipinski definition) is 2. The summed E-state index contributed by atoms with van der Waals surface area (Å²) in [6.45, 7) is 9.32. The second kappa shape index (κ2) is 9.03. The molecule has 3 aliphatic heterocycles. The minimum atomic E-state index is -0.448. The maximum absolute atomic E-state index is 12.7. The maximum Gasteiger partial charge on any atom is 0.231 e. The average Bonchev–Trinajstić information content (AvgIpc) is 3.35. The molecule has 7 nitrogen and oxygen atoms in total. The van der Waals surface area contributed by atoms with Gasteiger partial charge in [0.05, 0.1) is 43.0 Å². The zero-order valence-corrected chi connectivity index (χ0v) is 20.9. The molecule has 8 heteroatoms. The lowest BCUT2D eigenvalue weighted by atomic mass is 9.85. The molecule has 3 aliphatic rings. The van der Waals surface area contributed by atoms with Crippen LogP contribution in [0.1, 0.15) is 51.5 Å². The second-order valence-corrected chi connectivity index (χ2v) is 11.3. The predicted octanol–water partition coefficient (Wildman–Crippen LogP) is 3.97. The Labute approximate surface area is 205 Å². The number of pyridine rings is 1. The molecule has 34 heavy (non-hydrogen) atoms. The lowest BCUT2D eigenvalue weighted by molar-refractivity contribution is -0.119. The van der Waals surface area contributed by atoms with Gasteiger partial charge in [-0.3, -0.25) is 9.69 Å². The van der Waals surface area contributed by atoms with Crippen LogP contribution in [0, 0.1) is 5.92 Å². The monoisotopic (exact) mass is 487 g/mol. The number of amides is 1. The lowest BCUT2D eigenvalue weighted by Gasteiger charge is -2.43. The Morgan fingerprint density at radius 2 is 1.94 bits per heavy atom. The van der Waals surface area contributed by atoms with Crippen molar-refractivity contribution in [1.82, 2.24) is 9.88 Å². The van der Waals surface area contributed by atoms with Gasteiger partial charge in [0.2, 0.25) is 5.91 Å². The van der Waals surface area contributed by atoms with E-state index in [4.69, 9.17) is 21.1 Å². The van der Waals surface area contributed by atoms with Gasteiger partial charge in [0.15, 0.2) is 0 Å². The Bertz CT molecular complexity index is 1090. The van der Waals surface area contributed by atoms with Gasteiger partial charge >= 0.3 is 0 Å². The Morgan fingerprint density at radius 1 is 1.18 bits per heavy atom. The average molecular weight is 488 g/mol. The highest BCUT2D eigenvalue weighted by atomic mass is 35.5. The zero-order chi connectivity index (χ0) is 24.1. The van der Waals surface area contributed by atoms with E-state index in [0.29, 0.717) is 38.0 Å². The molecule has 0 bridgehead atoms. The van der Waals surface area contributed by atoms with Crippen molar-refractivity contribution in [3.63, 3.8) is 0 Å². The van der Waals surface area contributed by atoms with Crippen molar-refractivity contribution in [2.75, 3.05) is 38.2 Å². The fourth-order valence-electron chi connectivity index (χ4n) is 5.66. The van der Waals surface area contributed by atoms with Gasteiger partial charge in [-0.1, -0.05) is 11.6 Å². The normalized spacial score (nSPS) is 30.1. The number of halogens is 1. The summed E-state index contributed by atoms with van der Waals surface area (Å²) in [6.07, 6.45) is 3.96. The van der Waals surface area contributed by atoms with Gasteiger partial charge in [-0.15, -0.1) is 0 Å². The molecule has 0 saturated carbocycles. The minimum Gasteiger partial charge on any atom is -0.389 e.